The van der Waals surface area contributed by atoms with Crippen molar-refractivity contribution in [3.63, 3.8) is 0 Å². The topological polar surface area (TPSA) is 84.0 Å². The van der Waals surface area contributed by atoms with Crippen LogP contribution in [0.1, 0.15) is 52.5 Å². The number of carbonyl (C=O) groups excluding carboxylic acids is 1. The molecule has 0 saturated carbocycles. The van der Waals surface area contributed by atoms with Crippen LogP contribution >= 0.6 is 0 Å². The smallest absolute Gasteiger partial charge is 0.408 e. The fraction of sp³-hybridized carbons (Fsp3) is 0.619. The number of alkyl carbamates (subject to hydrolysis) is 1. The Balaban J connectivity index is 1.84. The third-order valence-corrected chi connectivity index (χ3v) is 4.36. The summed E-state index contributed by atoms with van der Waals surface area (Å²) < 4.78 is 11.1. The molecular formula is C21H34N4O3. The number of hydrogen-bond acceptors (Lipinski definition) is 4. The number of aliphatic imine (C=N–C) groups is 1. The molecule has 0 aliphatic carbocycles. The predicted octanol–water partition coefficient (Wildman–Crippen LogP) is 3.02. The minimum Gasteiger partial charge on any atom is -0.493 e. The van der Waals surface area contributed by atoms with Crippen LogP contribution in [0, 0.1) is 0 Å². The predicted molar refractivity (Wildman–Crippen MR) is 112 cm³/mol. The first kappa shape index (κ1) is 21.9. The molecule has 2 rings (SSSR count). The molecule has 1 atom stereocenters. The summed E-state index contributed by atoms with van der Waals surface area (Å²) in [7, 11) is 1.74. The average molecular weight is 391 g/mol. The number of benzene rings is 1. The SMILES string of the molecule is CN=C(NCC1CCOc2ccccc21)NCC(C)(C)NC(=O)OC(C)(C)C. The zero-order valence-corrected chi connectivity index (χ0v) is 17.9. The molecule has 156 valence electrons. The van der Waals surface area contributed by atoms with E-state index in [0.29, 0.717) is 18.4 Å². The number of amides is 1. The highest BCUT2D eigenvalue weighted by molar-refractivity contribution is 5.80. The van der Waals surface area contributed by atoms with Crippen molar-refractivity contribution in [3.8, 4) is 5.75 Å². The average Bonchev–Trinajstić information content (AvgIpc) is 2.59. The Morgan fingerprint density at radius 1 is 1.21 bits per heavy atom. The van der Waals surface area contributed by atoms with Gasteiger partial charge in [0.1, 0.15) is 11.4 Å². The lowest BCUT2D eigenvalue weighted by Gasteiger charge is -2.30. The van der Waals surface area contributed by atoms with Gasteiger partial charge in [-0.15, -0.1) is 0 Å². The molecule has 7 heteroatoms. The van der Waals surface area contributed by atoms with Gasteiger partial charge in [-0.05, 0) is 52.7 Å². The molecule has 1 aromatic rings. The molecule has 0 aromatic heterocycles. The van der Waals surface area contributed by atoms with E-state index < -0.39 is 17.2 Å². The lowest BCUT2D eigenvalue weighted by molar-refractivity contribution is 0.0474. The molecule has 0 spiro atoms. The number of guanidine groups is 1. The number of para-hydroxylation sites is 1. The molecule has 0 saturated heterocycles. The van der Waals surface area contributed by atoms with E-state index in [-0.39, 0.29) is 0 Å². The summed E-state index contributed by atoms with van der Waals surface area (Å²) in [6.07, 6.45) is 0.535. The van der Waals surface area contributed by atoms with Crippen molar-refractivity contribution in [3.05, 3.63) is 29.8 Å². The highest BCUT2D eigenvalue weighted by atomic mass is 16.6. The lowest BCUT2D eigenvalue weighted by atomic mass is 9.93. The van der Waals surface area contributed by atoms with Crippen molar-refractivity contribution in [1.82, 2.24) is 16.0 Å². The third kappa shape index (κ3) is 6.94. The molecule has 0 bridgehead atoms. The molecule has 1 amide bonds. The van der Waals surface area contributed by atoms with Crippen molar-refractivity contribution in [2.45, 2.75) is 58.1 Å². The van der Waals surface area contributed by atoms with Crippen molar-refractivity contribution in [2.75, 3.05) is 26.7 Å². The van der Waals surface area contributed by atoms with E-state index in [9.17, 15) is 4.79 Å². The maximum Gasteiger partial charge on any atom is 0.408 e. The zero-order valence-electron chi connectivity index (χ0n) is 17.9. The minimum absolute atomic E-state index is 0.372. The molecule has 1 aliphatic rings. The normalized spacial score (nSPS) is 17.2. The van der Waals surface area contributed by atoms with Gasteiger partial charge in [-0.2, -0.15) is 0 Å². The Bertz CT molecular complexity index is 695. The molecule has 3 N–H and O–H groups in total. The summed E-state index contributed by atoms with van der Waals surface area (Å²) in [6, 6.07) is 8.16. The Labute approximate surface area is 168 Å². The molecule has 0 radical (unpaired) electrons. The number of carbonyl (C=O) groups is 1. The second kappa shape index (κ2) is 9.17. The van der Waals surface area contributed by atoms with Crippen LogP contribution in [-0.4, -0.2) is 49.9 Å². The van der Waals surface area contributed by atoms with Gasteiger partial charge in [0.15, 0.2) is 5.96 Å². The molecule has 1 aliphatic heterocycles. The summed E-state index contributed by atoms with van der Waals surface area (Å²) >= 11 is 0. The van der Waals surface area contributed by atoms with E-state index in [4.69, 9.17) is 9.47 Å². The van der Waals surface area contributed by atoms with Gasteiger partial charge < -0.3 is 25.4 Å². The third-order valence-electron chi connectivity index (χ3n) is 4.36. The molecular weight excluding hydrogens is 356 g/mol. The van der Waals surface area contributed by atoms with Gasteiger partial charge >= 0.3 is 6.09 Å². The van der Waals surface area contributed by atoms with E-state index in [0.717, 1.165) is 25.3 Å². The molecule has 0 fully saturated rings. The number of rotatable bonds is 5. The van der Waals surface area contributed by atoms with Gasteiger partial charge in [-0.25, -0.2) is 4.79 Å². The quantitative estimate of drug-likeness (QED) is 0.532. The first-order chi connectivity index (χ1) is 13.1. The first-order valence-electron chi connectivity index (χ1n) is 9.77. The van der Waals surface area contributed by atoms with Gasteiger partial charge in [0.05, 0.1) is 12.1 Å². The van der Waals surface area contributed by atoms with E-state index in [1.165, 1.54) is 5.56 Å². The second-order valence-corrected chi connectivity index (χ2v) is 8.69. The van der Waals surface area contributed by atoms with Gasteiger partial charge in [-0.3, -0.25) is 4.99 Å². The van der Waals surface area contributed by atoms with Crippen LogP contribution in [0.2, 0.25) is 0 Å². The Morgan fingerprint density at radius 2 is 1.93 bits per heavy atom. The summed E-state index contributed by atoms with van der Waals surface area (Å²) in [5.41, 5.74) is 0.208. The maximum atomic E-state index is 12.0. The fourth-order valence-electron chi connectivity index (χ4n) is 3.00. The molecule has 7 nitrogen and oxygen atoms in total. The van der Waals surface area contributed by atoms with E-state index in [1.807, 2.05) is 52.8 Å². The zero-order chi connectivity index (χ0) is 20.8. The van der Waals surface area contributed by atoms with Crippen LogP contribution in [0.5, 0.6) is 5.75 Å². The van der Waals surface area contributed by atoms with Gasteiger partial charge in [0.2, 0.25) is 0 Å². The Morgan fingerprint density at radius 3 is 2.61 bits per heavy atom. The van der Waals surface area contributed by atoms with E-state index in [2.05, 4.69) is 27.0 Å². The number of hydrogen-bond donors (Lipinski definition) is 3. The van der Waals surface area contributed by atoms with E-state index in [1.54, 1.807) is 7.05 Å². The standard InChI is InChI=1S/C21H34N4O3/c1-20(2,3)28-19(26)25-21(4,5)14-24-18(22-6)23-13-15-11-12-27-17-10-8-7-9-16(15)17/h7-10,15H,11-14H2,1-6H3,(H,25,26)(H2,22,23,24). The first-order valence-corrected chi connectivity index (χ1v) is 9.77. The van der Waals surface area contributed by atoms with Crippen LogP contribution < -0.4 is 20.7 Å². The van der Waals surface area contributed by atoms with Crippen LogP contribution in [0.3, 0.4) is 0 Å². The van der Waals surface area contributed by atoms with E-state index >= 15 is 0 Å². The lowest BCUT2D eigenvalue weighted by Crippen LogP contribution is -2.54. The van der Waals surface area contributed by atoms with Crippen molar-refractivity contribution >= 4 is 12.1 Å². The molecule has 1 unspecified atom stereocenters. The number of fused-ring (bicyclic) bond motifs is 1. The Hall–Kier alpha value is -2.44. The van der Waals surface area contributed by atoms with Crippen LogP contribution in [-0.2, 0) is 4.74 Å². The summed E-state index contributed by atoms with van der Waals surface area (Å²) in [6.45, 7) is 11.4. The molecule has 1 aromatic carbocycles. The minimum atomic E-state index is -0.523. The number of nitrogens with one attached hydrogen (secondary N) is 3. The van der Waals surface area contributed by atoms with Gasteiger partial charge in [0.25, 0.3) is 0 Å². The monoisotopic (exact) mass is 390 g/mol. The summed E-state index contributed by atoms with van der Waals surface area (Å²) in [5.74, 6) is 2.03. The van der Waals surface area contributed by atoms with Crippen LogP contribution in [0.15, 0.2) is 29.3 Å². The summed E-state index contributed by atoms with van der Waals surface area (Å²) in [4.78, 5) is 16.3. The summed E-state index contributed by atoms with van der Waals surface area (Å²) in [5, 5.41) is 9.55. The Kier molecular flexibility index (Phi) is 7.16. The fourth-order valence-corrected chi connectivity index (χ4v) is 3.00. The van der Waals surface area contributed by atoms with Gasteiger partial charge in [-0.1, -0.05) is 18.2 Å². The van der Waals surface area contributed by atoms with Crippen LogP contribution in [0.4, 0.5) is 4.79 Å². The largest absolute Gasteiger partial charge is 0.493 e. The maximum absolute atomic E-state index is 12.0. The van der Waals surface area contributed by atoms with Crippen LogP contribution in [0.25, 0.3) is 0 Å². The second-order valence-electron chi connectivity index (χ2n) is 8.69. The molecule has 28 heavy (non-hydrogen) atoms. The number of nitrogens with zero attached hydrogens (tertiary/aromatic N) is 1. The number of ether oxygens (including phenoxy) is 2. The van der Waals surface area contributed by atoms with Gasteiger partial charge in [0, 0.05) is 26.1 Å². The highest BCUT2D eigenvalue weighted by Crippen LogP contribution is 2.32. The van der Waals surface area contributed by atoms with Crippen molar-refractivity contribution in [1.29, 1.82) is 0 Å². The highest BCUT2D eigenvalue weighted by Gasteiger charge is 2.25. The van der Waals surface area contributed by atoms with Crippen molar-refractivity contribution in [2.24, 2.45) is 4.99 Å². The van der Waals surface area contributed by atoms with Crippen molar-refractivity contribution < 1.29 is 14.3 Å². The molecule has 1 heterocycles.